The van der Waals surface area contributed by atoms with Crippen molar-refractivity contribution in [3.8, 4) is 0 Å². The van der Waals surface area contributed by atoms with Crippen LogP contribution in [0.25, 0.3) is 0 Å². The molecule has 0 spiro atoms. The molecule has 0 saturated carbocycles. The van der Waals surface area contributed by atoms with Crippen LogP contribution in [-0.4, -0.2) is 10.9 Å². The Kier molecular flexibility index (Phi) is 2.33. The summed E-state index contributed by atoms with van der Waals surface area (Å²) >= 11 is 1.40. The molecule has 0 atom stereocenters. The number of allylic oxidation sites excluding steroid dienone is 5. The number of carbonyl (C=O) groups excluding carboxylic acids is 1. The van der Waals surface area contributed by atoms with E-state index in [9.17, 15) is 4.79 Å². The lowest BCUT2D eigenvalue weighted by molar-refractivity contribution is 0.104. The lowest BCUT2D eigenvalue weighted by atomic mass is 10.1. The smallest absolute Gasteiger partial charge is 0.203 e. The summed E-state index contributed by atoms with van der Waals surface area (Å²) in [4.78, 5) is 12.5. The minimum atomic E-state index is -0.0368. The third-order valence-electron chi connectivity index (χ3n) is 1.98. The van der Waals surface area contributed by atoms with Gasteiger partial charge < -0.3 is 5.11 Å². The van der Waals surface area contributed by atoms with Gasteiger partial charge in [-0.15, -0.1) is 11.3 Å². The summed E-state index contributed by atoms with van der Waals surface area (Å²) in [6.45, 7) is 0. The third kappa shape index (κ3) is 1.42. The molecule has 70 valence electrons. The van der Waals surface area contributed by atoms with Crippen LogP contribution in [-0.2, 0) is 0 Å². The number of hydrogen-bond donors (Lipinski definition) is 1. The van der Waals surface area contributed by atoms with Crippen molar-refractivity contribution in [2.75, 3.05) is 0 Å². The zero-order valence-corrected chi connectivity index (χ0v) is 8.12. The first kappa shape index (κ1) is 8.97. The van der Waals surface area contributed by atoms with Crippen LogP contribution in [0.3, 0.4) is 0 Å². The molecule has 1 heterocycles. The molecule has 0 aliphatic heterocycles. The van der Waals surface area contributed by atoms with Crippen LogP contribution in [0.2, 0.25) is 0 Å². The molecule has 0 radical (unpaired) electrons. The Hall–Kier alpha value is -1.61. The second-order valence-corrected chi connectivity index (χ2v) is 3.78. The van der Waals surface area contributed by atoms with E-state index in [4.69, 9.17) is 5.11 Å². The Bertz CT molecular complexity index is 436. The van der Waals surface area contributed by atoms with Crippen molar-refractivity contribution in [3.05, 3.63) is 58.0 Å². The van der Waals surface area contributed by atoms with Gasteiger partial charge in [0.2, 0.25) is 5.78 Å². The number of rotatable bonds is 2. The zero-order valence-electron chi connectivity index (χ0n) is 7.31. The maximum absolute atomic E-state index is 11.8. The van der Waals surface area contributed by atoms with Crippen molar-refractivity contribution in [3.63, 3.8) is 0 Å². The van der Waals surface area contributed by atoms with Crippen LogP contribution >= 0.6 is 11.3 Å². The highest BCUT2D eigenvalue weighted by Crippen LogP contribution is 2.24. The largest absolute Gasteiger partial charge is 0.515 e. The molecule has 1 N–H and O–H groups in total. The first-order valence-electron chi connectivity index (χ1n) is 4.14. The molecule has 14 heavy (non-hydrogen) atoms. The molecule has 0 amide bonds. The van der Waals surface area contributed by atoms with E-state index in [1.54, 1.807) is 24.3 Å². The quantitative estimate of drug-likeness (QED) is 0.594. The summed E-state index contributed by atoms with van der Waals surface area (Å²) in [5.41, 5.74) is 1.12. The van der Waals surface area contributed by atoms with Crippen molar-refractivity contribution in [2.24, 2.45) is 0 Å². The number of ketones is 1. The number of aliphatic hydroxyl groups excluding tert-OH is 1. The van der Waals surface area contributed by atoms with E-state index in [0.29, 0.717) is 16.0 Å². The van der Waals surface area contributed by atoms with Gasteiger partial charge in [-0.3, -0.25) is 4.79 Å². The Morgan fingerprint density at radius 2 is 2.36 bits per heavy atom. The molecule has 3 heteroatoms. The van der Waals surface area contributed by atoms with Gasteiger partial charge in [-0.1, -0.05) is 24.3 Å². The highest BCUT2D eigenvalue weighted by molar-refractivity contribution is 7.12. The van der Waals surface area contributed by atoms with Gasteiger partial charge in [0.15, 0.2) is 0 Å². The van der Waals surface area contributed by atoms with Crippen molar-refractivity contribution < 1.29 is 9.90 Å². The molecule has 1 aromatic rings. The number of carbonyl (C=O) groups is 1. The van der Waals surface area contributed by atoms with Gasteiger partial charge >= 0.3 is 0 Å². The van der Waals surface area contributed by atoms with Gasteiger partial charge in [0.25, 0.3) is 0 Å². The van der Waals surface area contributed by atoms with Crippen molar-refractivity contribution in [2.45, 2.75) is 0 Å². The Balaban J connectivity index is 2.31. The first-order valence-corrected chi connectivity index (χ1v) is 5.02. The van der Waals surface area contributed by atoms with E-state index >= 15 is 0 Å². The van der Waals surface area contributed by atoms with Crippen LogP contribution in [0.5, 0.6) is 0 Å². The van der Waals surface area contributed by atoms with Crippen molar-refractivity contribution in [1.82, 2.24) is 0 Å². The number of Topliss-reactive ketones (excluding diaryl/α,β-unsaturated/α-hetero) is 1. The predicted octanol–water partition coefficient (Wildman–Crippen LogP) is 2.87. The maximum atomic E-state index is 11.8. The summed E-state index contributed by atoms with van der Waals surface area (Å²) in [6, 6.07) is 3.62. The summed E-state index contributed by atoms with van der Waals surface area (Å²) in [7, 11) is 0. The summed E-state index contributed by atoms with van der Waals surface area (Å²) in [5.74, 6) is -0.0368. The van der Waals surface area contributed by atoms with Gasteiger partial charge in [0, 0.05) is 11.1 Å². The standard InChI is InChI=1S/C11H8O2S/c12-7-8-3-1-4-9(8)11(13)10-5-2-6-14-10/h1-7,12H/b8-7+. The lowest BCUT2D eigenvalue weighted by Crippen LogP contribution is -2.00. The molecule has 1 aliphatic rings. The first-order chi connectivity index (χ1) is 6.83. The average molecular weight is 204 g/mol. The van der Waals surface area contributed by atoms with E-state index in [-0.39, 0.29) is 5.78 Å². The average Bonchev–Trinajstić information content (AvgIpc) is 2.87. The highest BCUT2D eigenvalue weighted by Gasteiger charge is 2.17. The van der Waals surface area contributed by atoms with E-state index in [2.05, 4.69) is 0 Å². The molecule has 1 aromatic heterocycles. The van der Waals surface area contributed by atoms with Crippen LogP contribution < -0.4 is 0 Å². The zero-order chi connectivity index (χ0) is 9.97. The van der Waals surface area contributed by atoms with Gasteiger partial charge in [0.1, 0.15) is 0 Å². The van der Waals surface area contributed by atoms with E-state index in [1.165, 1.54) is 11.3 Å². The lowest BCUT2D eigenvalue weighted by Gasteiger charge is -1.99. The maximum Gasteiger partial charge on any atom is 0.203 e. The van der Waals surface area contributed by atoms with Crippen LogP contribution in [0, 0.1) is 0 Å². The predicted molar refractivity (Wildman–Crippen MR) is 56.6 cm³/mol. The summed E-state index contributed by atoms with van der Waals surface area (Å²) < 4.78 is 0. The number of hydrogen-bond acceptors (Lipinski definition) is 3. The van der Waals surface area contributed by atoms with E-state index in [0.717, 1.165) is 6.26 Å². The minimum Gasteiger partial charge on any atom is -0.515 e. The Morgan fingerprint density at radius 1 is 1.50 bits per heavy atom. The fourth-order valence-corrected chi connectivity index (χ4v) is 1.97. The molecule has 0 saturated heterocycles. The fourth-order valence-electron chi connectivity index (χ4n) is 1.29. The molecular formula is C11H8O2S. The second kappa shape index (κ2) is 3.64. The van der Waals surface area contributed by atoms with Crippen molar-refractivity contribution >= 4 is 17.1 Å². The normalized spacial score (nSPS) is 17.4. The number of thiophene rings is 1. The SMILES string of the molecule is O=C(C1=CC=C/C1=C\O)c1cccs1. The molecule has 0 unspecified atom stereocenters. The molecule has 0 bridgehead atoms. The van der Waals surface area contributed by atoms with E-state index in [1.807, 2.05) is 11.4 Å². The molecule has 0 aromatic carbocycles. The summed E-state index contributed by atoms with van der Waals surface area (Å²) in [5, 5.41) is 10.7. The minimum absolute atomic E-state index is 0.0368. The molecule has 2 rings (SSSR count). The highest BCUT2D eigenvalue weighted by atomic mass is 32.1. The molecule has 1 aliphatic carbocycles. The Morgan fingerprint density at radius 3 is 3.00 bits per heavy atom. The van der Waals surface area contributed by atoms with Gasteiger partial charge in [-0.25, -0.2) is 0 Å². The van der Waals surface area contributed by atoms with Crippen LogP contribution in [0.4, 0.5) is 0 Å². The monoisotopic (exact) mass is 204 g/mol. The topological polar surface area (TPSA) is 37.3 Å². The van der Waals surface area contributed by atoms with Gasteiger partial charge in [0.05, 0.1) is 11.1 Å². The van der Waals surface area contributed by atoms with E-state index < -0.39 is 0 Å². The van der Waals surface area contributed by atoms with Crippen LogP contribution in [0.1, 0.15) is 9.67 Å². The molecule has 2 nitrogen and oxygen atoms in total. The van der Waals surface area contributed by atoms with Crippen molar-refractivity contribution in [1.29, 1.82) is 0 Å². The number of aliphatic hydroxyl groups is 1. The molecular weight excluding hydrogens is 196 g/mol. The van der Waals surface area contributed by atoms with Gasteiger partial charge in [-0.05, 0) is 11.4 Å². The summed E-state index contributed by atoms with van der Waals surface area (Å²) in [6.07, 6.45) is 6.13. The third-order valence-corrected chi connectivity index (χ3v) is 2.85. The van der Waals surface area contributed by atoms with Crippen LogP contribution in [0.15, 0.2) is 53.1 Å². The molecule has 0 fully saturated rings. The fraction of sp³-hybridized carbons (Fsp3) is 0. The Labute approximate surface area is 85.5 Å². The second-order valence-electron chi connectivity index (χ2n) is 2.83. The van der Waals surface area contributed by atoms with Gasteiger partial charge in [-0.2, -0.15) is 0 Å².